The highest BCUT2D eigenvalue weighted by molar-refractivity contribution is 6.00. The monoisotopic (exact) mass is 378 g/mol. The summed E-state index contributed by atoms with van der Waals surface area (Å²) in [7, 11) is 0. The molecule has 3 N–H and O–H groups in total. The lowest BCUT2D eigenvalue weighted by Gasteiger charge is -2.26. The molecular formula is C22H34O5. The van der Waals surface area contributed by atoms with E-state index in [0.29, 0.717) is 24.0 Å². The first kappa shape index (κ1) is 23.4. The Bertz CT molecular complexity index is 606. The topological polar surface area (TPSA) is 94.8 Å². The van der Waals surface area contributed by atoms with Crippen molar-refractivity contribution in [3.63, 3.8) is 0 Å². The molecule has 5 heteroatoms. The molecule has 2 unspecified atom stereocenters. The minimum atomic E-state index is -0.877. The molecular weight excluding hydrogens is 344 g/mol. The molecule has 152 valence electrons. The van der Waals surface area contributed by atoms with E-state index < -0.39 is 18.2 Å². The summed E-state index contributed by atoms with van der Waals surface area (Å²) in [4.78, 5) is 22.7. The molecule has 0 aromatic carbocycles. The van der Waals surface area contributed by atoms with Gasteiger partial charge in [0.25, 0.3) is 0 Å². The number of carboxylic acids is 1. The summed E-state index contributed by atoms with van der Waals surface area (Å²) in [6.45, 7) is 6.06. The zero-order valence-electron chi connectivity index (χ0n) is 16.9. The third-order valence-electron chi connectivity index (χ3n) is 5.20. The molecule has 1 rings (SSSR count). The second kappa shape index (κ2) is 11.3. The van der Waals surface area contributed by atoms with Crippen LogP contribution in [-0.4, -0.2) is 39.3 Å². The largest absolute Gasteiger partial charge is 0.481 e. The van der Waals surface area contributed by atoms with Gasteiger partial charge in [-0.05, 0) is 25.7 Å². The Morgan fingerprint density at radius 3 is 2.52 bits per heavy atom. The minimum Gasteiger partial charge on any atom is -0.481 e. The van der Waals surface area contributed by atoms with E-state index in [4.69, 9.17) is 5.11 Å². The smallest absolute Gasteiger partial charge is 0.303 e. The first-order valence-corrected chi connectivity index (χ1v) is 10.0. The average Bonchev–Trinajstić information content (AvgIpc) is 2.86. The van der Waals surface area contributed by atoms with Crippen LogP contribution in [0.2, 0.25) is 0 Å². The van der Waals surface area contributed by atoms with E-state index >= 15 is 0 Å². The summed E-state index contributed by atoms with van der Waals surface area (Å²) in [6, 6.07) is 0. The van der Waals surface area contributed by atoms with E-state index in [0.717, 1.165) is 38.5 Å². The van der Waals surface area contributed by atoms with Gasteiger partial charge in [0.15, 0.2) is 5.78 Å². The predicted octanol–water partition coefficient (Wildman–Crippen LogP) is 3.62. The van der Waals surface area contributed by atoms with E-state index in [1.165, 1.54) is 0 Å². The number of allylic oxidation sites excluding steroid dienone is 1. The van der Waals surface area contributed by atoms with Gasteiger partial charge in [0, 0.05) is 29.4 Å². The fourth-order valence-electron chi connectivity index (χ4n) is 3.23. The molecule has 5 nitrogen and oxygen atoms in total. The highest BCUT2D eigenvalue weighted by Gasteiger charge is 2.30. The molecule has 0 spiro atoms. The number of carboxylic acid groups (broad SMARTS) is 1. The van der Waals surface area contributed by atoms with Crippen LogP contribution in [-0.2, 0) is 9.59 Å². The normalized spacial score (nSPS) is 18.4. The van der Waals surface area contributed by atoms with Crippen LogP contribution in [0.5, 0.6) is 0 Å². The molecule has 0 amide bonds. The van der Waals surface area contributed by atoms with Crippen LogP contribution in [0.1, 0.15) is 85.0 Å². The average molecular weight is 379 g/mol. The molecule has 1 aliphatic rings. The number of carbonyl (C=O) groups excluding carboxylic acids is 1. The number of carbonyl (C=O) groups is 2. The van der Waals surface area contributed by atoms with E-state index in [1.54, 1.807) is 0 Å². The number of hydrogen-bond acceptors (Lipinski definition) is 4. The predicted molar refractivity (Wildman–Crippen MR) is 105 cm³/mol. The maximum Gasteiger partial charge on any atom is 0.303 e. The standard InChI is InChI=1S/C22H34O5/c1-4-5-14-22(2,3)20(25)13-12-17-16(18(23)15-19(17)24)10-8-6-7-9-11-21(26)27/h19-20,24-25H,4-11,14-15H2,1-3H3,(H,26,27). The van der Waals surface area contributed by atoms with Gasteiger partial charge in [0.2, 0.25) is 0 Å². The van der Waals surface area contributed by atoms with Gasteiger partial charge in [0.05, 0.1) is 6.10 Å². The summed E-state index contributed by atoms with van der Waals surface area (Å²) < 4.78 is 0. The molecule has 2 atom stereocenters. The van der Waals surface area contributed by atoms with Crippen LogP contribution < -0.4 is 0 Å². The van der Waals surface area contributed by atoms with Gasteiger partial charge in [-0.2, -0.15) is 0 Å². The number of rotatable bonds is 11. The molecule has 1 aliphatic carbocycles. The van der Waals surface area contributed by atoms with Crippen LogP contribution in [0.3, 0.4) is 0 Å². The highest BCUT2D eigenvalue weighted by Crippen LogP contribution is 2.29. The Balaban J connectivity index is 2.71. The summed E-state index contributed by atoms with van der Waals surface area (Å²) in [5, 5.41) is 29.2. The molecule has 27 heavy (non-hydrogen) atoms. The fourth-order valence-corrected chi connectivity index (χ4v) is 3.23. The van der Waals surface area contributed by atoms with E-state index in [-0.39, 0.29) is 24.0 Å². The second-order valence-electron chi connectivity index (χ2n) is 8.11. The maximum absolute atomic E-state index is 12.2. The number of hydrogen-bond donors (Lipinski definition) is 3. The van der Waals surface area contributed by atoms with Gasteiger partial charge in [-0.3, -0.25) is 9.59 Å². The molecule has 0 saturated carbocycles. The molecule has 0 aromatic heterocycles. The molecule has 0 radical (unpaired) electrons. The van der Waals surface area contributed by atoms with Gasteiger partial charge in [-0.15, -0.1) is 0 Å². The Labute approximate surface area is 162 Å². The zero-order chi connectivity index (χ0) is 20.4. The molecule has 0 saturated heterocycles. The SMILES string of the molecule is CCCCC(C)(C)C(O)C#CC1=C(CCCCCCC(=O)O)C(=O)CC1O. The summed E-state index contributed by atoms with van der Waals surface area (Å²) in [5.41, 5.74) is 0.698. The molecule has 0 heterocycles. The quantitative estimate of drug-likeness (QED) is 0.377. The molecule has 0 bridgehead atoms. The van der Waals surface area contributed by atoms with Crippen molar-refractivity contribution in [2.45, 2.75) is 97.2 Å². The number of ketones is 1. The maximum atomic E-state index is 12.2. The Morgan fingerprint density at radius 1 is 1.22 bits per heavy atom. The lowest BCUT2D eigenvalue weighted by Crippen LogP contribution is -2.28. The van der Waals surface area contributed by atoms with Crippen molar-refractivity contribution in [3.05, 3.63) is 11.1 Å². The first-order chi connectivity index (χ1) is 12.7. The van der Waals surface area contributed by atoms with Crippen molar-refractivity contribution in [1.29, 1.82) is 0 Å². The minimum absolute atomic E-state index is 0.0632. The molecule has 0 fully saturated rings. The van der Waals surface area contributed by atoms with Crippen molar-refractivity contribution in [1.82, 2.24) is 0 Å². The second-order valence-corrected chi connectivity index (χ2v) is 8.11. The Hall–Kier alpha value is -1.64. The lowest BCUT2D eigenvalue weighted by atomic mass is 9.81. The number of unbranched alkanes of at least 4 members (excludes halogenated alkanes) is 4. The van der Waals surface area contributed by atoms with Crippen molar-refractivity contribution >= 4 is 11.8 Å². The van der Waals surface area contributed by atoms with Crippen molar-refractivity contribution < 1.29 is 24.9 Å². The van der Waals surface area contributed by atoms with Crippen LogP contribution in [0.4, 0.5) is 0 Å². The first-order valence-electron chi connectivity index (χ1n) is 10.0. The van der Waals surface area contributed by atoms with Crippen LogP contribution in [0.15, 0.2) is 11.1 Å². The van der Waals surface area contributed by atoms with E-state index in [9.17, 15) is 19.8 Å². The molecule has 0 aliphatic heterocycles. The molecule has 0 aromatic rings. The number of aliphatic hydroxyl groups excluding tert-OH is 2. The Kier molecular flexibility index (Phi) is 9.76. The lowest BCUT2D eigenvalue weighted by molar-refractivity contribution is -0.137. The van der Waals surface area contributed by atoms with Crippen LogP contribution >= 0.6 is 0 Å². The number of aliphatic carboxylic acids is 1. The van der Waals surface area contributed by atoms with Gasteiger partial charge in [-0.1, -0.05) is 58.3 Å². The van der Waals surface area contributed by atoms with Crippen LogP contribution in [0, 0.1) is 17.3 Å². The van der Waals surface area contributed by atoms with Crippen molar-refractivity contribution in [2.75, 3.05) is 0 Å². The van der Waals surface area contributed by atoms with Gasteiger partial charge >= 0.3 is 5.97 Å². The van der Waals surface area contributed by atoms with E-state index in [2.05, 4.69) is 18.8 Å². The number of Topliss-reactive ketones (excluding diaryl/α,β-unsaturated/α-hetero) is 1. The summed E-state index contributed by atoms with van der Waals surface area (Å²) in [6.07, 6.45) is 5.08. The summed E-state index contributed by atoms with van der Waals surface area (Å²) in [5.74, 6) is 4.88. The zero-order valence-corrected chi connectivity index (χ0v) is 16.9. The van der Waals surface area contributed by atoms with Gasteiger partial charge in [-0.25, -0.2) is 0 Å². The number of aliphatic hydroxyl groups is 2. The fraction of sp³-hybridized carbons (Fsp3) is 0.727. The van der Waals surface area contributed by atoms with Gasteiger partial charge < -0.3 is 15.3 Å². The van der Waals surface area contributed by atoms with Crippen LogP contribution in [0.25, 0.3) is 0 Å². The third kappa shape index (κ3) is 7.86. The van der Waals surface area contributed by atoms with Crippen molar-refractivity contribution in [2.24, 2.45) is 5.41 Å². The summed E-state index contributed by atoms with van der Waals surface area (Å²) >= 11 is 0. The van der Waals surface area contributed by atoms with E-state index in [1.807, 2.05) is 13.8 Å². The third-order valence-corrected chi connectivity index (χ3v) is 5.20. The highest BCUT2D eigenvalue weighted by atomic mass is 16.4. The Morgan fingerprint density at radius 2 is 1.89 bits per heavy atom. The van der Waals surface area contributed by atoms with Crippen molar-refractivity contribution in [3.8, 4) is 11.8 Å². The van der Waals surface area contributed by atoms with Gasteiger partial charge in [0.1, 0.15) is 6.10 Å².